The van der Waals surface area contributed by atoms with E-state index in [0.717, 1.165) is 36.7 Å². The van der Waals surface area contributed by atoms with Crippen LogP contribution >= 0.6 is 0 Å². The summed E-state index contributed by atoms with van der Waals surface area (Å²) < 4.78 is 5.58. The molecule has 7 atom stereocenters. The van der Waals surface area contributed by atoms with Gasteiger partial charge in [0.15, 0.2) is 0 Å². The Morgan fingerprint density at radius 2 is 2.00 bits per heavy atom. The van der Waals surface area contributed by atoms with Gasteiger partial charge in [-0.2, -0.15) is 0 Å². The highest BCUT2D eigenvalue weighted by Crippen LogP contribution is 2.66. The van der Waals surface area contributed by atoms with E-state index in [1.807, 2.05) is 0 Å². The zero-order valence-corrected chi connectivity index (χ0v) is 17.3. The molecule has 27 heavy (non-hydrogen) atoms. The lowest BCUT2D eigenvalue weighted by Crippen LogP contribution is -2.54. The fourth-order valence-electron chi connectivity index (χ4n) is 7.76. The minimum Gasteiger partial charge on any atom is -0.463 e. The lowest BCUT2D eigenvalue weighted by Gasteiger charge is -2.61. The van der Waals surface area contributed by atoms with Crippen LogP contribution in [0.2, 0.25) is 0 Å². The minimum atomic E-state index is -0.126. The zero-order valence-electron chi connectivity index (χ0n) is 17.3. The molecule has 0 spiro atoms. The van der Waals surface area contributed by atoms with E-state index >= 15 is 0 Å². The highest BCUT2D eigenvalue weighted by Gasteiger charge is 2.58. The van der Waals surface area contributed by atoms with Crippen molar-refractivity contribution in [2.24, 2.45) is 34.5 Å². The predicted molar refractivity (Wildman–Crippen MR) is 107 cm³/mol. The standard InChI is InChI=1S/C24H36O3/c1-15(14-25)20-7-8-21-19-6-5-17-13-18(27-16(2)26)9-11-23(17,3)22(19)10-12-24(20,21)4/h7,17-19,21-22,25H,1,5-6,8-14H2,2-4H3/t17-,18?,19?,21?,22?,23?,24?/m0/s1. The summed E-state index contributed by atoms with van der Waals surface area (Å²) in [6.07, 6.45) is 12.1. The third-order valence-corrected chi connectivity index (χ3v) is 9.10. The molecule has 1 N–H and O–H groups in total. The normalized spacial score (nSPS) is 45.9. The fourth-order valence-corrected chi connectivity index (χ4v) is 7.76. The van der Waals surface area contributed by atoms with Crippen molar-refractivity contribution in [3.63, 3.8) is 0 Å². The van der Waals surface area contributed by atoms with Crippen LogP contribution in [0.25, 0.3) is 0 Å². The molecule has 150 valence electrons. The van der Waals surface area contributed by atoms with E-state index in [0.29, 0.717) is 17.3 Å². The van der Waals surface area contributed by atoms with Gasteiger partial charge in [-0.1, -0.05) is 26.5 Å². The maximum absolute atomic E-state index is 11.4. The number of fused-ring (bicyclic) bond motifs is 5. The Hall–Kier alpha value is -1.09. The molecule has 0 saturated heterocycles. The van der Waals surface area contributed by atoms with Crippen LogP contribution < -0.4 is 0 Å². The first-order chi connectivity index (χ1) is 12.8. The Labute approximate surface area is 164 Å². The Bertz CT molecular complexity index is 665. The molecular formula is C24H36O3. The van der Waals surface area contributed by atoms with E-state index in [-0.39, 0.29) is 24.1 Å². The van der Waals surface area contributed by atoms with Gasteiger partial charge in [-0.25, -0.2) is 0 Å². The van der Waals surface area contributed by atoms with Gasteiger partial charge < -0.3 is 9.84 Å². The molecule has 3 nitrogen and oxygen atoms in total. The molecule has 3 heteroatoms. The summed E-state index contributed by atoms with van der Waals surface area (Å²) in [5.74, 6) is 2.86. The van der Waals surface area contributed by atoms with Gasteiger partial charge in [0.25, 0.3) is 0 Å². The van der Waals surface area contributed by atoms with Crippen LogP contribution in [0.5, 0.6) is 0 Å². The van der Waals surface area contributed by atoms with Crippen molar-refractivity contribution in [1.82, 2.24) is 0 Å². The van der Waals surface area contributed by atoms with Crippen molar-refractivity contribution < 1.29 is 14.6 Å². The third kappa shape index (κ3) is 2.92. The average molecular weight is 373 g/mol. The van der Waals surface area contributed by atoms with E-state index in [1.165, 1.54) is 44.6 Å². The lowest BCUT2D eigenvalue weighted by molar-refractivity contribution is -0.158. The van der Waals surface area contributed by atoms with Crippen LogP contribution in [0, 0.1) is 34.5 Å². The van der Waals surface area contributed by atoms with Gasteiger partial charge in [-0.15, -0.1) is 0 Å². The molecule has 0 amide bonds. The molecule has 0 aromatic rings. The number of ether oxygens (including phenoxy) is 1. The minimum absolute atomic E-state index is 0.0829. The molecule has 0 heterocycles. The van der Waals surface area contributed by atoms with Crippen molar-refractivity contribution >= 4 is 5.97 Å². The molecule has 0 radical (unpaired) electrons. The number of carbonyl (C=O) groups is 1. The zero-order chi connectivity index (χ0) is 19.4. The molecule has 4 aliphatic rings. The van der Waals surface area contributed by atoms with Gasteiger partial charge in [0, 0.05) is 6.92 Å². The highest BCUT2D eigenvalue weighted by atomic mass is 16.5. The quantitative estimate of drug-likeness (QED) is 0.706. The number of allylic oxidation sites excluding steroid dienone is 1. The largest absolute Gasteiger partial charge is 0.463 e. The number of carbonyl (C=O) groups excluding carboxylic acids is 1. The van der Waals surface area contributed by atoms with Gasteiger partial charge in [-0.05, 0) is 97.0 Å². The summed E-state index contributed by atoms with van der Waals surface area (Å²) in [6, 6.07) is 0. The van der Waals surface area contributed by atoms with Gasteiger partial charge in [-0.3, -0.25) is 4.79 Å². The first-order valence-electron chi connectivity index (χ1n) is 11.0. The molecular weight excluding hydrogens is 336 g/mol. The van der Waals surface area contributed by atoms with Gasteiger partial charge in [0.2, 0.25) is 0 Å². The van der Waals surface area contributed by atoms with E-state index in [2.05, 4.69) is 26.5 Å². The Morgan fingerprint density at radius 3 is 2.70 bits per heavy atom. The smallest absolute Gasteiger partial charge is 0.302 e. The van der Waals surface area contributed by atoms with Crippen LogP contribution in [0.1, 0.15) is 72.1 Å². The molecule has 0 aliphatic heterocycles. The lowest BCUT2D eigenvalue weighted by atomic mass is 9.44. The highest BCUT2D eigenvalue weighted by molar-refractivity contribution is 5.66. The van der Waals surface area contributed by atoms with E-state index in [4.69, 9.17) is 4.74 Å². The summed E-state index contributed by atoms with van der Waals surface area (Å²) in [7, 11) is 0. The second-order valence-corrected chi connectivity index (χ2v) is 10.2. The summed E-state index contributed by atoms with van der Waals surface area (Å²) in [5, 5.41) is 9.64. The predicted octanol–water partition coefficient (Wildman–Crippen LogP) is 5.05. The van der Waals surface area contributed by atoms with Crippen LogP contribution in [-0.4, -0.2) is 23.8 Å². The number of aliphatic hydroxyl groups is 1. The maximum atomic E-state index is 11.4. The summed E-state index contributed by atoms with van der Waals surface area (Å²) in [6.45, 7) is 10.7. The molecule has 0 aromatic heterocycles. The molecule has 4 aliphatic carbocycles. The number of esters is 1. The molecule has 0 aromatic carbocycles. The van der Waals surface area contributed by atoms with Gasteiger partial charge >= 0.3 is 5.97 Å². The summed E-state index contributed by atoms with van der Waals surface area (Å²) >= 11 is 0. The fraction of sp³-hybridized carbons (Fsp3) is 0.792. The molecule has 3 saturated carbocycles. The van der Waals surface area contributed by atoms with Crippen molar-refractivity contribution in [3.05, 3.63) is 23.8 Å². The van der Waals surface area contributed by atoms with Crippen molar-refractivity contribution in [1.29, 1.82) is 0 Å². The number of aliphatic hydroxyl groups excluding tert-OH is 1. The summed E-state index contributed by atoms with van der Waals surface area (Å²) in [5.41, 5.74) is 2.89. The van der Waals surface area contributed by atoms with Crippen LogP contribution in [0.15, 0.2) is 23.8 Å². The molecule has 4 rings (SSSR count). The van der Waals surface area contributed by atoms with Crippen LogP contribution in [0.4, 0.5) is 0 Å². The van der Waals surface area contributed by atoms with Gasteiger partial charge in [0.05, 0.1) is 6.61 Å². The van der Waals surface area contributed by atoms with Crippen molar-refractivity contribution in [3.8, 4) is 0 Å². The maximum Gasteiger partial charge on any atom is 0.302 e. The van der Waals surface area contributed by atoms with Crippen LogP contribution in [-0.2, 0) is 9.53 Å². The Balaban J connectivity index is 1.53. The second kappa shape index (κ2) is 6.76. The van der Waals surface area contributed by atoms with E-state index in [1.54, 1.807) is 0 Å². The average Bonchev–Trinajstić information content (AvgIpc) is 2.98. The topological polar surface area (TPSA) is 46.5 Å². The SMILES string of the molecule is C=C(CO)C1=CCC2C3CC[C@H]4CC(OC(C)=O)CCC4(C)C3CCC12C. The van der Waals surface area contributed by atoms with Crippen molar-refractivity contribution in [2.45, 2.75) is 78.2 Å². The number of rotatable bonds is 3. The monoisotopic (exact) mass is 372 g/mol. The molecule has 3 fully saturated rings. The Morgan fingerprint density at radius 1 is 1.22 bits per heavy atom. The second-order valence-electron chi connectivity index (χ2n) is 10.2. The first kappa shape index (κ1) is 19.2. The number of hydrogen-bond acceptors (Lipinski definition) is 3. The van der Waals surface area contributed by atoms with Crippen molar-refractivity contribution in [2.75, 3.05) is 6.61 Å². The summed E-state index contributed by atoms with van der Waals surface area (Å²) in [4.78, 5) is 11.4. The molecule has 0 bridgehead atoms. The van der Waals surface area contributed by atoms with E-state index in [9.17, 15) is 9.90 Å². The Kier molecular flexibility index (Phi) is 4.81. The van der Waals surface area contributed by atoms with Crippen LogP contribution in [0.3, 0.4) is 0 Å². The molecule has 6 unspecified atom stereocenters. The third-order valence-electron chi connectivity index (χ3n) is 9.10. The van der Waals surface area contributed by atoms with E-state index < -0.39 is 0 Å². The van der Waals surface area contributed by atoms with Gasteiger partial charge in [0.1, 0.15) is 6.10 Å². The number of hydrogen-bond donors (Lipinski definition) is 1. The first-order valence-corrected chi connectivity index (χ1v) is 11.0.